The van der Waals surface area contributed by atoms with Crippen LogP contribution in [-0.2, 0) is 9.59 Å². The minimum Gasteiger partial charge on any atom is -0.326 e. The van der Waals surface area contributed by atoms with Crippen LogP contribution in [-0.4, -0.2) is 22.2 Å². The van der Waals surface area contributed by atoms with Crippen LogP contribution in [0.1, 0.15) is 45.4 Å². The Kier molecular flexibility index (Phi) is 6.79. The minimum atomic E-state index is -0.486. The van der Waals surface area contributed by atoms with E-state index in [-0.39, 0.29) is 18.2 Å². The number of amidine groups is 1. The highest BCUT2D eigenvalue weighted by Crippen LogP contribution is 2.26. The first-order chi connectivity index (χ1) is 13.0. The summed E-state index contributed by atoms with van der Waals surface area (Å²) in [5, 5.41) is 10.4. The number of halogens is 1. The van der Waals surface area contributed by atoms with Gasteiger partial charge in [0.15, 0.2) is 5.17 Å². The van der Waals surface area contributed by atoms with Crippen molar-refractivity contribution in [3.63, 3.8) is 0 Å². The van der Waals surface area contributed by atoms with Crippen molar-refractivity contribution in [2.24, 2.45) is 5.10 Å². The summed E-state index contributed by atoms with van der Waals surface area (Å²) in [6, 6.07) is 6.85. The summed E-state index contributed by atoms with van der Waals surface area (Å²) >= 11 is 7.10. The number of nitrogens with one attached hydrogen (secondary N) is 3. The molecule has 3 N–H and O–H groups in total. The van der Waals surface area contributed by atoms with Crippen molar-refractivity contribution in [2.75, 3.05) is 5.32 Å². The first-order valence-corrected chi connectivity index (χ1v) is 10.3. The highest BCUT2D eigenvalue weighted by atomic mass is 35.5. The van der Waals surface area contributed by atoms with Gasteiger partial charge in [0.2, 0.25) is 11.8 Å². The van der Waals surface area contributed by atoms with Gasteiger partial charge in [0, 0.05) is 22.8 Å². The van der Waals surface area contributed by atoms with E-state index >= 15 is 0 Å². The number of hydrogen-bond donors (Lipinski definition) is 3. The number of anilines is 1. The van der Waals surface area contributed by atoms with Crippen molar-refractivity contribution < 1.29 is 9.59 Å². The lowest BCUT2D eigenvalue weighted by molar-refractivity contribution is -0.122. The number of allylic oxidation sites excluding steroid dienone is 2. The summed E-state index contributed by atoms with van der Waals surface area (Å²) in [7, 11) is 0. The molecular formula is C19H23ClN4O2S. The van der Waals surface area contributed by atoms with Crippen LogP contribution in [0.4, 0.5) is 5.69 Å². The summed E-state index contributed by atoms with van der Waals surface area (Å²) in [6.07, 6.45) is 6.03. The van der Waals surface area contributed by atoms with Gasteiger partial charge in [-0.2, -0.15) is 5.10 Å². The molecule has 1 aromatic rings. The fourth-order valence-electron chi connectivity index (χ4n) is 3.07. The molecule has 144 valence electrons. The number of amides is 2. The second-order valence-electron chi connectivity index (χ2n) is 6.67. The van der Waals surface area contributed by atoms with Gasteiger partial charge in [0.05, 0.1) is 0 Å². The van der Waals surface area contributed by atoms with Gasteiger partial charge in [0.25, 0.3) is 0 Å². The van der Waals surface area contributed by atoms with Crippen LogP contribution < -0.4 is 16.1 Å². The zero-order valence-electron chi connectivity index (χ0n) is 15.2. The lowest BCUT2D eigenvalue weighted by Gasteiger charge is -2.16. The number of carbonyl (C=O) groups excluding carboxylic acids is 2. The summed E-state index contributed by atoms with van der Waals surface area (Å²) in [4.78, 5) is 24.3. The fourth-order valence-corrected chi connectivity index (χ4v) is 4.13. The van der Waals surface area contributed by atoms with Crippen LogP contribution in [0.15, 0.2) is 40.6 Å². The monoisotopic (exact) mass is 406 g/mol. The maximum Gasteiger partial charge on any atom is 0.240 e. The van der Waals surface area contributed by atoms with Gasteiger partial charge in [-0.1, -0.05) is 29.8 Å². The third kappa shape index (κ3) is 5.74. The van der Waals surface area contributed by atoms with E-state index in [2.05, 4.69) is 21.2 Å². The zero-order chi connectivity index (χ0) is 19.2. The number of hydrogen-bond acceptors (Lipinski definition) is 5. The molecule has 2 fully saturated rings. The van der Waals surface area contributed by atoms with Gasteiger partial charge >= 0.3 is 0 Å². The Hall–Kier alpha value is -1.99. The largest absolute Gasteiger partial charge is 0.326 e. The van der Waals surface area contributed by atoms with Crippen LogP contribution in [0.3, 0.4) is 0 Å². The summed E-state index contributed by atoms with van der Waals surface area (Å²) in [6.45, 7) is 2.02. The van der Waals surface area contributed by atoms with Crippen LogP contribution in [0.5, 0.6) is 0 Å². The molecule has 0 radical (unpaired) electrons. The van der Waals surface area contributed by atoms with E-state index in [1.54, 1.807) is 24.3 Å². The minimum absolute atomic E-state index is 0.0816. The van der Waals surface area contributed by atoms with E-state index in [9.17, 15) is 9.59 Å². The van der Waals surface area contributed by atoms with Crippen molar-refractivity contribution in [3.05, 3.63) is 40.6 Å². The summed E-state index contributed by atoms with van der Waals surface area (Å²) in [5.74, 6) is -0.422. The van der Waals surface area contributed by atoms with Gasteiger partial charge in [-0.15, -0.1) is 0 Å². The first-order valence-electron chi connectivity index (χ1n) is 9.06. The second-order valence-corrected chi connectivity index (χ2v) is 8.30. The number of carbonyl (C=O) groups is 2. The molecule has 1 atom stereocenters. The van der Waals surface area contributed by atoms with Gasteiger partial charge in [-0.25, -0.2) is 0 Å². The molecule has 27 heavy (non-hydrogen) atoms. The standard InChI is InChI=1S/C19H23ClN4O2S/c1-12(13-5-3-2-4-6-13)23-24-19-22-18(26)16(27-19)11-17(25)21-15-9-7-14(20)8-10-15/h7-10,16,23H,2-6,11H2,1H3,(H,21,25)(H,22,24,26)/t16-/m0/s1. The predicted octanol–water partition coefficient (Wildman–Crippen LogP) is 4.00. The van der Waals surface area contributed by atoms with Crippen molar-refractivity contribution in [2.45, 2.75) is 50.7 Å². The van der Waals surface area contributed by atoms with E-state index in [1.807, 2.05) is 6.92 Å². The van der Waals surface area contributed by atoms with Gasteiger partial charge in [-0.3, -0.25) is 15.0 Å². The van der Waals surface area contributed by atoms with Crippen LogP contribution in [0, 0.1) is 0 Å². The van der Waals surface area contributed by atoms with Crippen LogP contribution >= 0.6 is 23.4 Å². The van der Waals surface area contributed by atoms with E-state index in [0.717, 1.165) is 18.5 Å². The van der Waals surface area contributed by atoms with Gasteiger partial charge in [0.1, 0.15) is 5.25 Å². The van der Waals surface area contributed by atoms with Crippen LogP contribution in [0.25, 0.3) is 0 Å². The maximum absolute atomic E-state index is 12.2. The molecule has 1 aromatic carbocycles. The molecule has 2 amide bonds. The number of rotatable bonds is 5. The normalized spacial score (nSPS) is 21.1. The van der Waals surface area contributed by atoms with Crippen molar-refractivity contribution in [3.8, 4) is 0 Å². The number of hydrazone groups is 1. The number of benzene rings is 1. The second kappa shape index (κ2) is 9.28. The molecule has 8 heteroatoms. The molecule has 0 bridgehead atoms. The Morgan fingerprint density at radius 2 is 1.96 bits per heavy atom. The van der Waals surface area contributed by atoms with E-state index in [4.69, 9.17) is 11.6 Å². The highest BCUT2D eigenvalue weighted by molar-refractivity contribution is 8.15. The maximum atomic E-state index is 12.2. The Morgan fingerprint density at radius 1 is 1.26 bits per heavy atom. The molecular weight excluding hydrogens is 384 g/mol. The SMILES string of the molecule is CC(N/N=C1/NC(=O)[C@H](CC(=O)Nc2ccc(Cl)cc2)S1)=C1CCCCC1. The molecule has 0 unspecified atom stereocenters. The number of thioether (sulfide) groups is 1. The average molecular weight is 407 g/mol. The molecule has 0 spiro atoms. The Bertz CT molecular complexity index is 768. The molecule has 6 nitrogen and oxygen atoms in total. The lowest BCUT2D eigenvalue weighted by Crippen LogP contribution is -2.28. The third-order valence-corrected chi connectivity index (χ3v) is 5.92. The molecule has 3 rings (SSSR count). The van der Waals surface area contributed by atoms with Gasteiger partial charge < -0.3 is 10.6 Å². The molecule has 1 aliphatic heterocycles. The molecule has 1 saturated heterocycles. The predicted molar refractivity (Wildman–Crippen MR) is 111 cm³/mol. The zero-order valence-corrected chi connectivity index (χ0v) is 16.8. The van der Waals surface area contributed by atoms with Crippen molar-refractivity contribution in [1.82, 2.24) is 10.7 Å². The molecule has 0 aromatic heterocycles. The smallest absolute Gasteiger partial charge is 0.240 e. The molecule has 1 aliphatic carbocycles. The van der Waals surface area contributed by atoms with E-state index < -0.39 is 5.25 Å². The fraction of sp³-hybridized carbons (Fsp3) is 0.421. The molecule has 2 aliphatic rings. The quantitative estimate of drug-likeness (QED) is 0.645. The van der Waals surface area contributed by atoms with Gasteiger partial charge in [-0.05, 0) is 62.4 Å². The van der Waals surface area contributed by atoms with Crippen LogP contribution in [0.2, 0.25) is 5.02 Å². The van der Waals surface area contributed by atoms with Crippen molar-refractivity contribution >= 4 is 46.0 Å². The Labute approximate surface area is 168 Å². The topological polar surface area (TPSA) is 82.6 Å². The Balaban J connectivity index is 1.52. The first kappa shape index (κ1) is 19.8. The highest BCUT2D eigenvalue weighted by Gasteiger charge is 2.32. The summed E-state index contributed by atoms with van der Waals surface area (Å²) < 4.78 is 0. The third-order valence-electron chi connectivity index (χ3n) is 4.59. The lowest BCUT2D eigenvalue weighted by atomic mass is 9.94. The van der Waals surface area contributed by atoms with E-state index in [1.165, 1.54) is 36.6 Å². The average Bonchev–Trinajstić information content (AvgIpc) is 3.01. The van der Waals surface area contributed by atoms with E-state index in [0.29, 0.717) is 15.9 Å². The number of nitrogens with zero attached hydrogens (tertiary/aromatic N) is 1. The summed E-state index contributed by atoms with van der Waals surface area (Å²) in [5.41, 5.74) is 6.16. The van der Waals surface area contributed by atoms with Crippen molar-refractivity contribution in [1.29, 1.82) is 0 Å². The molecule has 1 heterocycles. The Morgan fingerprint density at radius 3 is 2.67 bits per heavy atom. The molecule has 1 saturated carbocycles.